The van der Waals surface area contributed by atoms with Crippen molar-refractivity contribution < 1.29 is 0 Å². The molecule has 0 aliphatic heterocycles. The van der Waals surface area contributed by atoms with Crippen LogP contribution in [0.3, 0.4) is 0 Å². The monoisotopic (exact) mass is 234 g/mol. The van der Waals surface area contributed by atoms with E-state index in [9.17, 15) is 0 Å². The Balaban J connectivity index is 2.69. The molecule has 2 rings (SSSR count). The molecule has 0 atom stereocenters. The molecule has 1 N–H and O–H groups in total. The molecule has 1 heterocycles. The summed E-state index contributed by atoms with van der Waals surface area (Å²) >= 11 is 5.23. The zero-order valence-corrected chi connectivity index (χ0v) is 10.4. The zero-order chi connectivity index (χ0) is 11.7. The van der Waals surface area contributed by atoms with E-state index in [1.165, 1.54) is 0 Å². The lowest BCUT2D eigenvalue weighted by Gasteiger charge is -2.17. The normalized spacial score (nSPS) is 10.4. The molecule has 0 amide bonds. The number of anilines is 1. The number of H-pyrrole nitrogens is 1. The topological polar surface area (TPSA) is 36.9 Å². The Morgan fingerprint density at radius 3 is 2.56 bits per heavy atom. The second-order valence-electron chi connectivity index (χ2n) is 3.79. The highest BCUT2D eigenvalue weighted by molar-refractivity contribution is 7.71. The van der Waals surface area contributed by atoms with Crippen LogP contribution in [0, 0.1) is 11.7 Å². The van der Waals surface area contributed by atoms with Crippen molar-refractivity contribution >= 4 is 17.9 Å². The van der Waals surface area contributed by atoms with Gasteiger partial charge in [-0.1, -0.05) is 12.1 Å². The van der Waals surface area contributed by atoms with Gasteiger partial charge < -0.3 is 4.90 Å². The van der Waals surface area contributed by atoms with Gasteiger partial charge in [0.1, 0.15) is 5.82 Å². The Bertz CT molecular complexity index is 553. The molecule has 0 spiro atoms. The summed E-state index contributed by atoms with van der Waals surface area (Å²) < 4.78 is 2.55. The standard InChI is InChI=1S/C11H14N4S/c1-8-12-13-11(16)15(8)10-7-5-4-6-9(10)14(2)3/h4-7H,1-3H3,(H,13,16). The van der Waals surface area contributed by atoms with E-state index < -0.39 is 0 Å². The third-order valence-corrected chi connectivity index (χ3v) is 2.72. The van der Waals surface area contributed by atoms with Crippen LogP contribution in [0.25, 0.3) is 5.69 Å². The van der Waals surface area contributed by atoms with Gasteiger partial charge >= 0.3 is 0 Å². The zero-order valence-electron chi connectivity index (χ0n) is 9.56. The maximum atomic E-state index is 5.23. The molecule has 0 aliphatic carbocycles. The number of aryl methyl sites for hydroxylation is 1. The van der Waals surface area contributed by atoms with E-state index in [1.54, 1.807) is 0 Å². The van der Waals surface area contributed by atoms with Gasteiger partial charge in [-0.05, 0) is 31.3 Å². The summed E-state index contributed by atoms with van der Waals surface area (Å²) in [5.41, 5.74) is 2.16. The Kier molecular flexibility index (Phi) is 2.78. The van der Waals surface area contributed by atoms with Gasteiger partial charge in [0.25, 0.3) is 0 Å². The Hall–Kier alpha value is -1.62. The largest absolute Gasteiger partial charge is 0.376 e. The van der Waals surface area contributed by atoms with E-state index >= 15 is 0 Å². The number of hydrogen-bond donors (Lipinski definition) is 1. The number of nitrogens with one attached hydrogen (secondary N) is 1. The first kappa shape index (κ1) is 10.9. The number of rotatable bonds is 2. The maximum Gasteiger partial charge on any atom is 0.199 e. The van der Waals surface area contributed by atoms with E-state index in [0.29, 0.717) is 4.77 Å². The van der Waals surface area contributed by atoms with Crippen molar-refractivity contribution in [2.75, 3.05) is 19.0 Å². The van der Waals surface area contributed by atoms with Crippen LogP contribution in [-0.4, -0.2) is 28.9 Å². The molecule has 0 radical (unpaired) electrons. The van der Waals surface area contributed by atoms with Crippen molar-refractivity contribution in [3.63, 3.8) is 0 Å². The van der Waals surface area contributed by atoms with Crippen LogP contribution in [0.5, 0.6) is 0 Å². The SMILES string of the molecule is Cc1n[nH]c(=S)n1-c1ccccc1N(C)C. The van der Waals surface area contributed by atoms with Gasteiger partial charge in [0.15, 0.2) is 4.77 Å². The average Bonchev–Trinajstić information content (AvgIpc) is 2.58. The molecule has 5 heteroatoms. The lowest BCUT2D eigenvalue weighted by atomic mass is 10.2. The van der Waals surface area contributed by atoms with E-state index in [-0.39, 0.29) is 0 Å². The molecule has 0 unspecified atom stereocenters. The molecule has 4 nitrogen and oxygen atoms in total. The van der Waals surface area contributed by atoms with Crippen molar-refractivity contribution in [2.45, 2.75) is 6.92 Å². The van der Waals surface area contributed by atoms with Crippen molar-refractivity contribution in [1.82, 2.24) is 14.8 Å². The Morgan fingerprint density at radius 1 is 1.31 bits per heavy atom. The highest BCUT2D eigenvalue weighted by Gasteiger charge is 2.09. The van der Waals surface area contributed by atoms with Crippen molar-refractivity contribution in [2.24, 2.45) is 0 Å². The highest BCUT2D eigenvalue weighted by Crippen LogP contribution is 2.23. The first-order chi connectivity index (χ1) is 7.61. The van der Waals surface area contributed by atoms with Gasteiger partial charge in [0.05, 0.1) is 11.4 Å². The molecule has 84 valence electrons. The van der Waals surface area contributed by atoms with Crippen LogP contribution < -0.4 is 4.90 Å². The first-order valence-electron chi connectivity index (χ1n) is 5.02. The van der Waals surface area contributed by atoms with E-state index in [2.05, 4.69) is 21.2 Å². The summed E-state index contributed by atoms with van der Waals surface area (Å²) in [5, 5.41) is 6.92. The van der Waals surface area contributed by atoms with Crippen LogP contribution in [0.2, 0.25) is 0 Å². The number of aromatic amines is 1. The van der Waals surface area contributed by atoms with Gasteiger partial charge in [-0.15, -0.1) is 0 Å². The van der Waals surface area contributed by atoms with E-state index in [1.807, 2.05) is 43.8 Å². The summed E-state index contributed by atoms with van der Waals surface area (Å²) in [4.78, 5) is 2.06. The number of benzene rings is 1. The summed E-state index contributed by atoms with van der Waals surface area (Å²) in [6, 6.07) is 8.10. The predicted octanol–water partition coefficient (Wildman–Crippen LogP) is 2.30. The number of aromatic nitrogens is 3. The third-order valence-electron chi connectivity index (χ3n) is 2.44. The minimum absolute atomic E-state index is 0.617. The predicted molar refractivity (Wildman–Crippen MR) is 67.8 cm³/mol. The molecule has 1 aromatic heterocycles. The fourth-order valence-electron chi connectivity index (χ4n) is 1.69. The molecule has 0 saturated carbocycles. The molecule has 0 bridgehead atoms. The van der Waals surface area contributed by atoms with Gasteiger partial charge in [-0.2, -0.15) is 5.10 Å². The van der Waals surface area contributed by atoms with Crippen LogP contribution >= 0.6 is 12.2 Å². The van der Waals surface area contributed by atoms with E-state index in [4.69, 9.17) is 12.2 Å². The third kappa shape index (κ3) is 1.74. The summed E-state index contributed by atoms with van der Waals surface area (Å²) in [6.45, 7) is 1.93. The molecule has 0 fully saturated rings. The second-order valence-corrected chi connectivity index (χ2v) is 4.18. The minimum Gasteiger partial charge on any atom is -0.376 e. The smallest absolute Gasteiger partial charge is 0.199 e. The lowest BCUT2D eigenvalue weighted by Crippen LogP contribution is -2.12. The summed E-state index contributed by atoms with van der Waals surface area (Å²) in [7, 11) is 4.02. The quantitative estimate of drug-likeness (QED) is 0.810. The minimum atomic E-state index is 0.617. The van der Waals surface area contributed by atoms with Gasteiger partial charge in [0.2, 0.25) is 0 Å². The number of hydrogen-bond acceptors (Lipinski definition) is 3. The van der Waals surface area contributed by atoms with Crippen LogP contribution in [-0.2, 0) is 0 Å². The molecule has 0 aliphatic rings. The van der Waals surface area contributed by atoms with Crippen molar-refractivity contribution in [1.29, 1.82) is 0 Å². The highest BCUT2D eigenvalue weighted by atomic mass is 32.1. The maximum absolute atomic E-state index is 5.23. The Morgan fingerprint density at radius 2 is 2.00 bits per heavy atom. The second kappa shape index (κ2) is 4.09. The van der Waals surface area contributed by atoms with Gasteiger partial charge in [0, 0.05) is 14.1 Å². The molecular weight excluding hydrogens is 220 g/mol. The average molecular weight is 234 g/mol. The molecule has 1 aromatic carbocycles. The van der Waals surface area contributed by atoms with Crippen LogP contribution in [0.4, 0.5) is 5.69 Å². The molecule has 0 saturated heterocycles. The summed E-state index contributed by atoms with van der Waals surface area (Å²) in [5.74, 6) is 0.860. The first-order valence-corrected chi connectivity index (χ1v) is 5.43. The van der Waals surface area contributed by atoms with Crippen molar-refractivity contribution in [3.8, 4) is 5.69 Å². The number of para-hydroxylation sites is 2. The van der Waals surface area contributed by atoms with Crippen LogP contribution in [0.15, 0.2) is 24.3 Å². The van der Waals surface area contributed by atoms with Crippen LogP contribution in [0.1, 0.15) is 5.82 Å². The fraction of sp³-hybridized carbons (Fsp3) is 0.273. The van der Waals surface area contributed by atoms with Crippen molar-refractivity contribution in [3.05, 3.63) is 34.9 Å². The fourth-order valence-corrected chi connectivity index (χ4v) is 1.97. The summed E-state index contributed by atoms with van der Waals surface area (Å²) in [6.07, 6.45) is 0. The molecular formula is C11H14N4S. The van der Waals surface area contributed by atoms with Gasteiger partial charge in [-0.25, -0.2) is 0 Å². The number of nitrogens with zero attached hydrogens (tertiary/aromatic N) is 3. The molecule has 2 aromatic rings. The lowest BCUT2D eigenvalue weighted by molar-refractivity contribution is 0.951. The van der Waals surface area contributed by atoms with Gasteiger partial charge in [-0.3, -0.25) is 9.67 Å². The van der Waals surface area contributed by atoms with E-state index in [0.717, 1.165) is 17.2 Å². The molecule has 16 heavy (non-hydrogen) atoms. The Labute approximate surface area is 99.5 Å².